The highest BCUT2D eigenvalue weighted by molar-refractivity contribution is 7.09. The second kappa shape index (κ2) is 10.3. The number of amides is 1. The van der Waals surface area contributed by atoms with E-state index in [0.29, 0.717) is 18.5 Å². The molecule has 1 aromatic carbocycles. The molecule has 1 atom stereocenters. The van der Waals surface area contributed by atoms with E-state index in [9.17, 15) is 9.59 Å². The van der Waals surface area contributed by atoms with Crippen molar-refractivity contribution in [1.82, 2.24) is 14.8 Å². The minimum Gasteiger partial charge on any atom is -0.381 e. The molecule has 2 N–H and O–H groups in total. The number of H-pyrrole nitrogens is 1. The van der Waals surface area contributed by atoms with Gasteiger partial charge in [-0.05, 0) is 86.6 Å². The monoisotopic (exact) mass is 515 g/mol. The predicted molar refractivity (Wildman–Crippen MR) is 150 cm³/mol. The molecule has 0 spiro atoms. The Hall–Kier alpha value is -3.23. The van der Waals surface area contributed by atoms with Gasteiger partial charge in [0.2, 0.25) is 0 Å². The van der Waals surface area contributed by atoms with Crippen molar-refractivity contribution >= 4 is 34.3 Å². The van der Waals surface area contributed by atoms with Crippen molar-refractivity contribution in [3.8, 4) is 0 Å². The van der Waals surface area contributed by atoms with E-state index in [4.69, 9.17) is 4.99 Å². The Labute approximate surface area is 221 Å². The zero-order valence-electron chi connectivity index (χ0n) is 21.3. The molecule has 0 radical (unpaired) electrons. The van der Waals surface area contributed by atoms with Crippen LogP contribution in [0.4, 0.5) is 11.4 Å². The first-order valence-electron chi connectivity index (χ1n) is 13.3. The van der Waals surface area contributed by atoms with E-state index in [1.807, 2.05) is 17.0 Å². The number of pyridine rings is 1. The molecule has 7 nitrogen and oxygen atoms in total. The zero-order chi connectivity index (χ0) is 25.4. The molecule has 3 aliphatic heterocycles. The van der Waals surface area contributed by atoms with Crippen molar-refractivity contribution in [3.05, 3.63) is 79.4 Å². The minimum atomic E-state index is -0.146. The average Bonchev–Trinajstić information content (AvgIpc) is 3.67. The van der Waals surface area contributed by atoms with Gasteiger partial charge < -0.3 is 20.1 Å². The van der Waals surface area contributed by atoms with E-state index < -0.39 is 0 Å². The molecule has 0 aliphatic carbocycles. The molecule has 3 aliphatic rings. The molecule has 37 heavy (non-hydrogen) atoms. The lowest BCUT2D eigenvalue weighted by molar-refractivity contribution is 0.0772. The number of nitrogens with zero attached hydrogens (tertiary/aromatic N) is 3. The molecular weight excluding hydrogens is 482 g/mol. The number of aromatic nitrogens is 1. The minimum absolute atomic E-state index is 0.120. The topological polar surface area (TPSA) is 80.8 Å². The highest BCUT2D eigenvalue weighted by Crippen LogP contribution is 2.36. The van der Waals surface area contributed by atoms with Gasteiger partial charge in [0.1, 0.15) is 0 Å². The van der Waals surface area contributed by atoms with Crippen LogP contribution < -0.4 is 10.9 Å². The number of hydrogen-bond donors (Lipinski definition) is 2. The SMILES string of the molecule is CC(Cc1cccs1)Nc1cc[nH]c(=O)c1C1=Nc2cc3c(cc2C1)C(=O)N(CCCN1CCCC1)C3. The van der Waals surface area contributed by atoms with Gasteiger partial charge in [0.25, 0.3) is 11.5 Å². The fraction of sp³-hybridized carbons (Fsp3) is 0.414. The van der Waals surface area contributed by atoms with Crippen molar-refractivity contribution in [2.24, 2.45) is 4.99 Å². The van der Waals surface area contributed by atoms with Gasteiger partial charge >= 0.3 is 0 Å². The largest absolute Gasteiger partial charge is 0.381 e. The van der Waals surface area contributed by atoms with E-state index in [1.165, 1.54) is 30.8 Å². The Morgan fingerprint density at radius 2 is 2.00 bits per heavy atom. The van der Waals surface area contributed by atoms with Crippen LogP contribution in [0.3, 0.4) is 0 Å². The first-order valence-corrected chi connectivity index (χ1v) is 14.2. The van der Waals surface area contributed by atoms with Crippen LogP contribution in [-0.4, -0.2) is 58.6 Å². The van der Waals surface area contributed by atoms with Gasteiger partial charge in [-0.2, -0.15) is 0 Å². The van der Waals surface area contributed by atoms with Crippen LogP contribution in [0.15, 0.2) is 51.7 Å². The molecule has 2 aromatic heterocycles. The van der Waals surface area contributed by atoms with Gasteiger partial charge in [-0.15, -0.1) is 11.3 Å². The molecule has 1 saturated heterocycles. The first-order chi connectivity index (χ1) is 18.0. The van der Waals surface area contributed by atoms with E-state index in [2.05, 4.69) is 45.7 Å². The third-order valence-electron chi connectivity index (χ3n) is 7.64. The number of likely N-dealkylation sites (tertiary alicyclic amines) is 1. The number of nitrogens with one attached hydrogen (secondary N) is 2. The number of fused-ring (bicyclic) bond motifs is 2. The van der Waals surface area contributed by atoms with Gasteiger partial charge in [0.05, 0.1) is 22.6 Å². The molecule has 3 aromatic rings. The maximum Gasteiger partial charge on any atom is 0.259 e. The Kier molecular flexibility index (Phi) is 6.69. The zero-order valence-corrected chi connectivity index (χ0v) is 22.1. The Morgan fingerprint density at radius 1 is 1.14 bits per heavy atom. The van der Waals surface area contributed by atoms with Crippen LogP contribution in [0.1, 0.15) is 58.1 Å². The average molecular weight is 516 g/mol. The van der Waals surface area contributed by atoms with E-state index >= 15 is 0 Å². The predicted octanol–water partition coefficient (Wildman–Crippen LogP) is 4.60. The maximum absolute atomic E-state index is 13.1. The Bertz CT molecular complexity index is 1390. The molecule has 1 fully saturated rings. The summed E-state index contributed by atoms with van der Waals surface area (Å²) in [6, 6.07) is 10.3. The second-order valence-corrected chi connectivity index (χ2v) is 11.5. The number of benzene rings is 1. The number of carbonyl (C=O) groups excluding carboxylic acids is 1. The third kappa shape index (κ3) is 5.00. The summed E-state index contributed by atoms with van der Waals surface area (Å²) >= 11 is 1.74. The number of carbonyl (C=O) groups is 1. The number of rotatable bonds is 9. The fourth-order valence-corrected chi connectivity index (χ4v) is 6.65. The standard InChI is InChI=1S/C29H33N5O2S/c1-19(14-22-6-4-13-37-22)31-24-7-8-30-28(35)27(24)26-16-20-15-23-21(17-25(20)32-26)18-34(29(23)36)12-5-11-33-9-2-3-10-33/h4,6-8,13,15,17,19H,2-3,5,9-12,14,16,18H2,1H3,(H2,30,31,35). The van der Waals surface area contributed by atoms with E-state index in [-0.39, 0.29) is 17.5 Å². The van der Waals surface area contributed by atoms with Gasteiger partial charge in [0, 0.05) is 48.6 Å². The van der Waals surface area contributed by atoms with Crippen LogP contribution in [-0.2, 0) is 19.4 Å². The number of aromatic amines is 1. The molecule has 0 bridgehead atoms. The van der Waals surface area contributed by atoms with Crippen molar-refractivity contribution in [1.29, 1.82) is 0 Å². The lowest BCUT2D eigenvalue weighted by atomic mass is 10.00. The third-order valence-corrected chi connectivity index (χ3v) is 8.54. The summed E-state index contributed by atoms with van der Waals surface area (Å²) in [5.41, 5.74) is 5.72. The summed E-state index contributed by atoms with van der Waals surface area (Å²) in [5.74, 6) is 0.120. The van der Waals surface area contributed by atoms with Crippen LogP contribution in [0.2, 0.25) is 0 Å². The summed E-state index contributed by atoms with van der Waals surface area (Å²) in [4.78, 5) is 39.6. The van der Waals surface area contributed by atoms with Crippen LogP contribution >= 0.6 is 11.3 Å². The molecule has 0 saturated carbocycles. The van der Waals surface area contributed by atoms with E-state index in [1.54, 1.807) is 17.5 Å². The van der Waals surface area contributed by atoms with Crippen molar-refractivity contribution in [2.75, 3.05) is 31.5 Å². The van der Waals surface area contributed by atoms with Crippen LogP contribution in [0.5, 0.6) is 0 Å². The maximum atomic E-state index is 13.1. The first kappa shape index (κ1) is 24.1. The van der Waals surface area contributed by atoms with Crippen molar-refractivity contribution in [2.45, 2.75) is 51.6 Å². The molecule has 8 heteroatoms. The summed E-state index contributed by atoms with van der Waals surface area (Å²) in [6.07, 6.45) is 6.72. The smallest absolute Gasteiger partial charge is 0.259 e. The van der Waals surface area contributed by atoms with E-state index in [0.717, 1.165) is 59.7 Å². The molecule has 6 rings (SSSR count). The highest BCUT2D eigenvalue weighted by Gasteiger charge is 2.31. The molecular formula is C29H33N5O2S. The summed E-state index contributed by atoms with van der Waals surface area (Å²) in [6.45, 7) is 7.01. The highest BCUT2D eigenvalue weighted by atomic mass is 32.1. The normalized spacial score (nSPS) is 17.7. The molecule has 1 unspecified atom stereocenters. The molecule has 1 amide bonds. The van der Waals surface area contributed by atoms with Gasteiger partial charge in [0.15, 0.2) is 0 Å². The number of thiophene rings is 1. The Morgan fingerprint density at radius 3 is 2.81 bits per heavy atom. The molecule has 192 valence electrons. The summed E-state index contributed by atoms with van der Waals surface area (Å²) < 4.78 is 0. The van der Waals surface area contributed by atoms with Gasteiger partial charge in [-0.25, -0.2) is 0 Å². The number of aliphatic imine (C=N–C) groups is 1. The summed E-state index contributed by atoms with van der Waals surface area (Å²) in [7, 11) is 0. The van der Waals surface area contributed by atoms with Gasteiger partial charge in [-0.3, -0.25) is 14.6 Å². The quantitative estimate of drug-likeness (QED) is 0.437. The fourth-order valence-electron chi connectivity index (χ4n) is 5.81. The van der Waals surface area contributed by atoms with Crippen molar-refractivity contribution in [3.63, 3.8) is 0 Å². The second-order valence-electron chi connectivity index (χ2n) is 10.4. The van der Waals surface area contributed by atoms with Crippen LogP contribution in [0, 0.1) is 0 Å². The van der Waals surface area contributed by atoms with Crippen molar-refractivity contribution < 1.29 is 4.79 Å². The van der Waals surface area contributed by atoms with Gasteiger partial charge in [-0.1, -0.05) is 6.07 Å². The van der Waals surface area contributed by atoms with Crippen LogP contribution in [0.25, 0.3) is 0 Å². The Balaban J connectivity index is 1.17. The number of hydrogen-bond acceptors (Lipinski definition) is 6. The lowest BCUT2D eigenvalue weighted by Gasteiger charge is -2.19. The number of anilines is 1. The molecule has 5 heterocycles. The lowest BCUT2D eigenvalue weighted by Crippen LogP contribution is -2.29. The summed E-state index contributed by atoms with van der Waals surface area (Å²) in [5, 5.41) is 5.62.